The van der Waals surface area contributed by atoms with Crippen LogP contribution in [0.15, 0.2) is 34.1 Å². The quantitative estimate of drug-likeness (QED) is 0.466. The number of hydrogen-bond acceptors (Lipinski definition) is 3. The summed E-state index contributed by atoms with van der Waals surface area (Å²) in [6.07, 6.45) is -4.32. The summed E-state index contributed by atoms with van der Waals surface area (Å²) in [5.41, 5.74) is 1.48. The Kier molecular flexibility index (Phi) is 5.03. The highest BCUT2D eigenvalue weighted by atomic mass is 79.9. The fourth-order valence-corrected chi connectivity index (χ4v) is 3.41. The topological polar surface area (TPSA) is 38.0 Å². The normalized spacial score (nSPS) is 13.4. The molecule has 0 aliphatic rings. The van der Waals surface area contributed by atoms with Gasteiger partial charge in [-0.25, -0.2) is 4.39 Å². The minimum Gasteiger partial charge on any atom is -0.271 e. The van der Waals surface area contributed by atoms with E-state index in [4.69, 9.17) is 5.84 Å². The van der Waals surface area contributed by atoms with Crippen LogP contribution in [0.4, 0.5) is 17.6 Å². The highest BCUT2D eigenvalue weighted by Gasteiger charge is 2.34. The minimum absolute atomic E-state index is 0.288. The molecule has 1 heterocycles. The molecule has 2 aromatic rings. The van der Waals surface area contributed by atoms with Crippen LogP contribution in [0.2, 0.25) is 0 Å². The molecule has 0 spiro atoms. The molecule has 0 aliphatic heterocycles. The summed E-state index contributed by atoms with van der Waals surface area (Å²) in [7, 11) is 0. The van der Waals surface area contributed by atoms with Gasteiger partial charge >= 0.3 is 6.18 Å². The van der Waals surface area contributed by atoms with Crippen LogP contribution in [0.1, 0.15) is 22.0 Å². The zero-order chi connectivity index (χ0) is 15.6. The first-order valence-corrected chi connectivity index (χ1v) is 7.54. The van der Waals surface area contributed by atoms with Gasteiger partial charge in [-0.15, -0.1) is 11.3 Å². The van der Waals surface area contributed by atoms with E-state index in [1.54, 1.807) is 0 Å². The molecule has 3 N–H and O–H groups in total. The van der Waals surface area contributed by atoms with Crippen molar-refractivity contribution in [2.45, 2.75) is 18.6 Å². The molecule has 0 radical (unpaired) electrons. The zero-order valence-electron chi connectivity index (χ0n) is 10.5. The number of benzene rings is 1. The maximum absolute atomic E-state index is 13.3. The van der Waals surface area contributed by atoms with Crippen molar-refractivity contribution >= 4 is 27.3 Å². The maximum Gasteiger partial charge on any atom is 0.419 e. The lowest BCUT2D eigenvalue weighted by Gasteiger charge is -2.17. The molecule has 1 unspecified atom stereocenters. The summed E-state index contributed by atoms with van der Waals surface area (Å²) in [4.78, 5) is 0.947. The number of hydrogen-bond donors (Lipinski definition) is 2. The van der Waals surface area contributed by atoms with Crippen LogP contribution in [-0.2, 0) is 12.6 Å². The Morgan fingerprint density at radius 1 is 1.29 bits per heavy atom. The van der Waals surface area contributed by atoms with Crippen molar-refractivity contribution in [2.75, 3.05) is 0 Å². The average molecular weight is 383 g/mol. The van der Waals surface area contributed by atoms with Gasteiger partial charge < -0.3 is 0 Å². The van der Waals surface area contributed by atoms with Crippen LogP contribution in [-0.4, -0.2) is 0 Å². The second-order valence-corrected chi connectivity index (χ2v) is 6.30. The third-order valence-electron chi connectivity index (χ3n) is 2.93. The largest absolute Gasteiger partial charge is 0.419 e. The van der Waals surface area contributed by atoms with E-state index in [1.165, 1.54) is 17.4 Å². The molecule has 1 atom stereocenters. The molecule has 2 nitrogen and oxygen atoms in total. The van der Waals surface area contributed by atoms with Gasteiger partial charge in [-0.2, -0.15) is 13.2 Å². The number of alkyl halides is 3. The number of nitrogens with one attached hydrogen (secondary N) is 1. The number of thiophene rings is 1. The van der Waals surface area contributed by atoms with E-state index in [-0.39, 0.29) is 5.56 Å². The van der Waals surface area contributed by atoms with Gasteiger partial charge in [0.1, 0.15) is 5.82 Å². The van der Waals surface area contributed by atoms with E-state index in [9.17, 15) is 17.6 Å². The molecule has 21 heavy (non-hydrogen) atoms. The van der Waals surface area contributed by atoms with Crippen molar-refractivity contribution in [3.05, 3.63) is 55.9 Å². The van der Waals surface area contributed by atoms with Crippen LogP contribution in [0.3, 0.4) is 0 Å². The monoisotopic (exact) mass is 382 g/mol. The molecule has 1 aromatic carbocycles. The fourth-order valence-electron chi connectivity index (χ4n) is 1.91. The maximum atomic E-state index is 13.3. The van der Waals surface area contributed by atoms with Crippen LogP contribution < -0.4 is 11.3 Å². The molecular formula is C13H11BrF4N2S. The lowest BCUT2D eigenvalue weighted by molar-refractivity contribution is -0.140. The fraction of sp³-hybridized carbons (Fsp3) is 0.231. The SMILES string of the molecule is NNC(Cc1cc(Br)cs1)c1ccc(F)c(C(F)(F)F)c1. The summed E-state index contributed by atoms with van der Waals surface area (Å²) >= 11 is 4.77. The van der Waals surface area contributed by atoms with E-state index in [0.29, 0.717) is 6.42 Å². The Bertz CT molecular complexity index is 627. The first kappa shape index (κ1) is 16.4. The Morgan fingerprint density at radius 3 is 2.52 bits per heavy atom. The van der Waals surface area contributed by atoms with Gasteiger partial charge in [-0.1, -0.05) is 6.07 Å². The average Bonchev–Trinajstić information content (AvgIpc) is 2.81. The summed E-state index contributed by atoms with van der Waals surface area (Å²) in [5, 5.41) is 1.87. The lowest BCUT2D eigenvalue weighted by atomic mass is 10.0. The first-order valence-electron chi connectivity index (χ1n) is 5.87. The highest BCUT2D eigenvalue weighted by Crippen LogP contribution is 2.34. The molecule has 8 heteroatoms. The van der Waals surface area contributed by atoms with Gasteiger partial charge in [-0.05, 0) is 39.7 Å². The van der Waals surface area contributed by atoms with Crippen LogP contribution >= 0.6 is 27.3 Å². The molecule has 114 valence electrons. The van der Waals surface area contributed by atoms with Crippen molar-refractivity contribution in [1.82, 2.24) is 5.43 Å². The van der Waals surface area contributed by atoms with Gasteiger partial charge in [0.15, 0.2) is 0 Å². The van der Waals surface area contributed by atoms with Crippen molar-refractivity contribution in [1.29, 1.82) is 0 Å². The van der Waals surface area contributed by atoms with E-state index in [1.807, 2.05) is 11.4 Å². The molecule has 0 fully saturated rings. The Hall–Kier alpha value is -0.960. The van der Waals surface area contributed by atoms with Crippen LogP contribution in [0.5, 0.6) is 0 Å². The summed E-state index contributed by atoms with van der Waals surface area (Å²) < 4.78 is 52.4. The van der Waals surface area contributed by atoms with Crippen LogP contribution in [0.25, 0.3) is 0 Å². The van der Waals surface area contributed by atoms with Gasteiger partial charge in [0, 0.05) is 21.2 Å². The molecule has 1 aromatic heterocycles. The number of nitrogens with two attached hydrogens (primary N) is 1. The molecular weight excluding hydrogens is 372 g/mol. The molecule has 0 aliphatic carbocycles. The van der Waals surface area contributed by atoms with Gasteiger partial charge in [-0.3, -0.25) is 11.3 Å². The van der Waals surface area contributed by atoms with E-state index < -0.39 is 23.6 Å². The third-order valence-corrected chi connectivity index (χ3v) is 4.65. The molecule has 0 saturated carbocycles. The number of hydrazine groups is 1. The number of rotatable bonds is 4. The lowest BCUT2D eigenvalue weighted by Crippen LogP contribution is -2.29. The smallest absolute Gasteiger partial charge is 0.271 e. The second-order valence-electron chi connectivity index (χ2n) is 4.39. The van der Waals surface area contributed by atoms with Crippen molar-refractivity contribution in [3.8, 4) is 0 Å². The highest BCUT2D eigenvalue weighted by molar-refractivity contribution is 9.10. The van der Waals surface area contributed by atoms with E-state index in [0.717, 1.165) is 21.5 Å². The molecule has 2 rings (SSSR count). The zero-order valence-corrected chi connectivity index (χ0v) is 12.9. The second kappa shape index (κ2) is 6.43. The van der Waals surface area contributed by atoms with E-state index in [2.05, 4.69) is 21.4 Å². The summed E-state index contributed by atoms with van der Waals surface area (Å²) in [6.45, 7) is 0. The summed E-state index contributed by atoms with van der Waals surface area (Å²) in [6, 6.07) is 4.24. The molecule has 0 amide bonds. The number of halogens is 5. The van der Waals surface area contributed by atoms with Crippen molar-refractivity contribution in [2.24, 2.45) is 5.84 Å². The van der Waals surface area contributed by atoms with Crippen LogP contribution in [0, 0.1) is 5.82 Å². The predicted molar refractivity (Wildman–Crippen MR) is 77.2 cm³/mol. The standard InChI is InChI=1S/C13H11BrF4N2S/c14-8-4-9(21-6-8)5-12(20-19)7-1-2-11(15)10(3-7)13(16,17)18/h1-4,6,12,20H,5,19H2. The first-order chi connectivity index (χ1) is 9.81. The summed E-state index contributed by atoms with van der Waals surface area (Å²) in [5.74, 6) is 4.13. The Morgan fingerprint density at radius 2 is 2.00 bits per heavy atom. The van der Waals surface area contributed by atoms with E-state index >= 15 is 0 Å². The van der Waals surface area contributed by atoms with Crippen molar-refractivity contribution < 1.29 is 17.6 Å². The van der Waals surface area contributed by atoms with Gasteiger partial charge in [0.25, 0.3) is 0 Å². The molecule has 0 bridgehead atoms. The molecule has 0 saturated heterocycles. The predicted octanol–water partition coefficient (Wildman–Crippen LogP) is 4.42. The minimum atomic E-state index is -4.73. The Labute approximate surface area is 131 Å². The Balaban J connectivity index is 2.30. The van der Waals surface area contributed by atoms with Gasteiger partial charge in [0.2, 0.25) is 0 Å². The third kappa shape index (κ3) is 4.03. The van der Waals surface area contributed by atoms with Gasteiger partial charge in [0.05, 0.1) is 11.6 Å². The van der Waals surface area contributed by atoms with Crippen molar-refractivity contribution in [3.63, 3.8) is 0 Å².